The van der Waals surface area contributed by atoms with E-state index < -0.39 is 5.97 Å². The van der Waals surface area contributed by atoms with Crippen LogP contribution in [-0.2, 0) is 22.7 Å². The first kappa shape index (κ1) is 20.1. The SMILES string of the molecule is O=C(O)Cc1ccc(CO/N=C(\c2ccccc2)c2cnn(-c3ccccc3)c2)cc1. The minimum atomic E-state index is -0.850. The van der Waals surface area contributed by atoms with Crippen molar-refractivity contribution in [2.75, 3.05) is 0 Å². The highest BCUT2D eigenvalue weighted by molar-refractivity contribution is 6.12. The highest BCUT2D eigenvalue weighted by atomic mass is 16.6. The van der Waals surface area contributed by atoms with Gasteiger partial charge in [0.1, 0.15) is 12.3 Å². The predicted molar refractivity (Wildman–Crippen MR) is 118 cm³/mol. The van der Waals surface area contributed by atoms with Gasteiger partial charge in [-0.15, -0.1) is 0 Å². The van der Waals surface area contributed by atoms with E-state index in [2.05, 4.69) is 10.3 Å². The molecule has 31 heavy (non-hydrogen) atoms. The Kier molecular flexibility index (Phi) is 6.18. The number of nitrogens with zero attached hydrogens (tertiary/aromatic N) is 3. The first-order chi connectivity index (χ1) is 15.2. The minimum Gasteiger partial charge on any atom is -0.481 e. The van der Waals surface area contributed by atoms with Gasteiger partial charge in [-0.1, -0.05) is 78.0 Å². The number of carboxylic acids is 1. The van der Waals surface area contributed by atoms with E-state index in [0.29, 0.717) is 5.71 Å². The normalized spacial score (nSPS) is 11.3. The zero-order valence-electron chi connectivity index (χ0n) is 16.8. The van der Waals surface area contributed by atoms with Crippen LogP contribution < -0.4 is 0 Å². The lowest BCUT2D eigenvalue weighted by atomic mass is 10.1. The van der Waals surface area contributed by atoms with Crippen LogP contribution in [0.1, 0.15) is 22.3 Å². The van der Waals surface area contributed by atoms with E-state index in [9.17, 15) is 4.79 Å². The molecule has 0 amide bonds. The number of rotatable bonds is 8. The molecule has 0 radical (unpaired) electrons. The van der Waals surface area contributed by atoms with Gasteiger partial charge in [-0.3, -0.25) is 4.79 Å². The molecular formula is C25H21N3O3. The number of aromatic nitrogens is 2. The highest BCUT2D eigenvalue weighted by Gasteiger charge is 2.11. The van der Waals surface area contributed by atoms with Crippen LogP contribution in [0.5, 0.6) is 0 Å². The van der Waals surface area contributed by atoms with E-state index >= 15 is 0 Å². The molecule has 4 rings (SSSR count). The quantitative estimate of drug-likeness (QED) is 0.343. The fourth-order valence-corrected chi connectivity index (χ4v) is 3.13. The molecule has 1 N–H and O–H groups in total. The number of carboxylic acid groups (broad SMARTS) is 1. The third-order valence-electron chi connectivity index (χ3n) is 4.69. The fourth-order valence-electron chi connectivity index (χ4n) is 3.13. The largest absolute Gasteiger partial charge is 0.481 e. The molecule has 1 aromatic heterocycles. The Morgan fingerprint density at radius 1 is 0.871 bits per heavy atom. The topological polar surface area (TPSA) is 76.7 Å². The molecule has 0 bridgehead atoms. The van der Waals surface area contributed by atoms with Gasteiger partial charge in [0.2, 0.25) is 0 Å². The van der Waals surface area contributed by atoms with E-state index in [-0.39, 0.29) is 13.0 Å². The van der Waals surface area contributed by atoms with Gasteiger partial charge < -0.3 is 9.94 Å². The molecule has 6 heteroatoms. The standard InChI is InChI=1S/C25H21N3O3/c29-24(30)15-19-11-13-20(14-12-19)18-31-27-25(21-7-3-1-4-8-21)22-16-26-28(17-22)23-9-5-2-6-10-23/h1-14,16-17H,15,18H2,(H,29,30)/b27-25+. The Balaban J connectivity index is 1.54. The first-order valence-electron chi connectivity index (χ1n) is 9.84. The summed E-state index contributed by atoms with van der Waals surface area (Å²) in [6.07, 6.45) is 3.69. The Morgan fingerprint density at radius 3 is 2.19 bits per heavy atom. The average Bonchev–Trinajstić information content (AvgIpc) is 3.29. The number of para-hydroxylation sites is 1. The molecule has 0 unspecified atom stereocenters. The monoisotopic (exact) mass is 411 g/mol. The number of hydrogen-bond donors (Lipinski definition) is 1. The van der Waals surface area contributed by atoms with E-state index in [1.54, 1.807) is 23.0 Å². The summed E-state index contributed by atoms with van der Waals surface area (Å²) in [5, 5.41) is 17.8. The van der Waals surface area contributed by atoms with Crippen LogP contribution in [-0.4, -0.2) is 26.6 Å². The lowest BCUT2D eigenvalue weighted by molar-refractivity contribution is -0.136. The second-order valence-corrected chi connectivity index (χ2v) is 6.98. The third kappa shape index (κ3) is 5.25. The summed E-state index contributed by atoms with van der Waals surface area (Å²) in [7, 11) is 0. The molecule has 6 nitrogen and oxygen atoms in total. The van der Waals surface area contributed by atoms with Crippen molar-refractivity contribution in [3.05, 3.63) is 120 Å². The van der Waals surface area contributed by atoms with Crippen LogP contribution in [0.15, 0.2) is 102 Å². The zero-order valence-corrected chi connectivity index (χ0v) is 16.8. The summed E-state index contributed by atoms with van der Waals surface area (Å²) in [6.45, 7) is 0.274. The molecular weight excluding hydrogens is 390 g/mol. The van der Waals surface area contributed by atoms with Crippen molar-refractivity contribution >= 4 is 11.7 Å². The van der Waals surface area contributed by atoms with E-state index in [1.165, 1.54) is 0 Å². The smallest absolute Gasteiger partial charge is 0.307 e. The molecule has 0 aliphatic rings. The summed E-state index contributed by atoms with van der Waals surface area (Å²) < 4.78 is 1.80. The van der Waals surface area contributed by atoms with Crippen molar-refractivity contribution in [2.24, 2.45) is 5.16 Å². The van der Waals surface area contributed by atoms with Crippen LogP contribution in [0.25, 0.3) is 5.69 Å². The Morgan fingerprint density at radius 2 is 1.52 bits per heavy atom. The van der Waals surface area contributed by atoms with Gasteiger partial charge in [0, 0.05) is 17.3 Å². The van der Waals surface area contributed by atoms with Gasteiger partial charge in [-0.05, 0) is 23.3 Å². The molecule has 4 aromatic rings. The molecule has 0 spiro atoms. The van der Waals surface area contributed by atoms with Crippen LogP contribution >= 0.6 is 0 Å². The Bertz CT molecular complexity index is 1170. The lowest BCUT2D eigenvalue weighted by Gasteiger charge is -2.06. The Hall–Kier alpha value is -4.19. The number of hydrogen-bond acceptors (Lipinski definition) is 4. The van der Waals surface area contributed by atoms with Crippen molar-refractivity contribution < 1.29 is 14.7 Å². The van der Waals surface area contributed by atoms with Crippen molar-refractivity contribution in [1.29, 1.82) is 0 Å². The minimum absolute atomic E-state index is 0.00283. The van der Waals surface area contributed by atoms with Crippen molar-refractivity contribution in [3.8, 4) is 5.69 Å². The molecule has 0 aliphatic heterocycles. The zero-order chi connectivity index (χ0) is 21.5. The van der Waals surface area contributed by atoms with Gasteiger partial charge in [-0.2, -0.15) is 5.10 Å². The predicted octanol–water partition coefficient (Wildman–Crippen LogP) is 4.47. The molecule has 0 saturated heterocycles. The molecule has 0 fully saturated rings. The van der Waals surface area contributed by atoms with Crippen molar-refractivity contribution in [2.45, 2.75) is 13.0 Å². The number of carbonyl (C=O) groups is 1. The maximum absolute atomic E-state index is 10.8. The summed E-state index contributed by atoms with van der Waals surface area (Å²) >= 11 is 0. The second kappa shape index (κ2) is 9.54. The van der Waals surface area contributed by atoms with Crippen molar-refractivity contribution in [3.63, 3.8) is 0 Å². The maximum atomic E-state index is 10.8. The van der Waals surface area contributed by atoms with Crippen LogP contribution in [0.3, 0.4) is 0 Å². The fraction of sp³-hybridized carbons (Fsp3) is 0.0800. The Labute approximate surface area is 180 Å². The second-order valence-electron chi connectivity index (χ2n) is 6.98. The third-order valence-corrected chi connectivity index (χ3v) is 4.69. The summed E-state index contributed by atoms with van der Waals surface area (Å²) in [5.74, 6) is -0.850. The molecule has 1 heterocycles. The van der Waals surface area contributed by atoms with Crippen LogP contribution in [0.2, 0.25) is 0 Å². The highest BCUT2D eigenvalue weighted by Crippen LogP contribution is 2.15. The number of aliphatic carboxylic acids is 1. The van der Waals surface area contributed by atoms with E-state index in [0.717, 1.165) is 27.9 Å². The number of benzene rings is 3. The van der Waals surface area contributed by atoms with Gasteiger partial charge in [0.25, 0.3) is 0 Å². The summed E-state index contributed by atoms with van der Waals surface area (Å²) in [6, 6.07) is 27.0. The summed E-state index contributed by atoms with van der Waals surface area (Å²) in [4.78, 5) is 16.5. The molecule has 0 saturated carbocycles. The van der Waals surface area contributed by atoms with Crippen molar-refractivity contribution in [1.82, 2.24) is 9.78 Å². The average molecular weight is 411 g/mol. The van der Waals surface area contributed by atoms with Gasteiger partial charge in [0.15, 0.2) is 0 Å². The maximum Gasteiger partial charge on any atom is 0.307 e. The summed E-state index contributed by atoms with van der Waals surface area (Å²) in [5.41, 5.74) is 5.07. The van der Waals surface area contributed by atoms with E-state index in [4.69, 9.17) is 9.94 Å². The van der Waals surface area contributed by atoms with Gasteiger partial charge in [-0.25, -0.2) is 4.68 Å². The molecule has 154 valence electrons. The van der Waals surface area contributed by atoms with Gasteiger partial charge in [0.05, 0.1) is 18.3 Å². The molecule has 0 aliphatic carbocycles. The first-order valence-corrected chi connectivity index (χ1v) is 9.84. The van der Waals surface area contributed by atoms with E-state index in [1.807, 2.05) is 79.0 Å². The van der Waals surface area contributed by atoms with Crippen LogP contribution in [0, 0.1) is 0 Å². The van der Waals surface area contributed by atoms with Crippen LogP contribution in [0.4, 0.5) is 0 Å². The molecule has 3 aromatic carbocycles. The molecule has 0 atom stereocenters. The number of oxime groups is 1. The van der Waals surface area contributed by atoms with Gasteiger partial charge >= 0.3 is 5.97 Å². The lowest BCUT2D eigenvalue weighted by Crippen LogP contribution is -2.04.